The molecule has 0 amide bonds. The van der Waals surface area contributed by atoms with E-state index in [1.165, 1.54) is 0 Å². The second kappa shape index (κ2) is 8.56. The van der Waals surface area contributed by atoms with Crippen molar-refractivity contribution in [2.75, 3.05) is 13.2 Å². The van der Waals surface area contributed by atoms with E-state index in [2.05, 4.69) is 14.2 Å². The lowest BCUT2D eigenvalue weighted by molar-refractivity contribution is -0.170. The van der Waals surface area contributed by atoms with Crippen LogP contribution in [0, 0.1) is 0 Å². The Hall–Kier alpha value is -2.58. The molecule has 0 radical (unpaired) electrons. The fourth-order valence-electron chi connectivity index (χ4n) is 0.891. The first-order valence-corrected chi connectivity index (χ1v) is 5.72. The highest BCUT2D eigenvalue weighted by Gasteiger charge is 2.23. The Morgan fingerprint density at radius 2 is 1.00 bits per heavy atom. The summed E-state index contributed by atoms with van der Waals surface area (Å²) in [5, 5.41) is 0. The van der Waals surface area contributed by atoms with Crippen molar-refractivity contribution >= 4 is 35.3 Å². The van der Waals surface area contributed by atoms with Gasteiger partial charge in [0.25, 0.3) is 0 Å². The largest absolute Gasteiger partial charge is 0.456 e. The van der Waals surface area contributed by atoms with E-state index >= 15 is 0 Å². The van der Waals surface area contributed by atoms with Crippen molar-refractivity contribution in [1.29, 1.82) is 0 Å². The Labute approximate surface area is 119 Å². The van der Waals surface area contributed by atoms with Crippen LogP contribution in [-0.4, -0.2) is 54.6 Å². The summed E-state index contributed by atoms with van der Waals surface area (Å²) in [6.07, 6.45) is -1.31. The van der Waals surface area contributed by atoms with E-state index < -0.39 is 54.6 Å². The van der Waals surface area contributed by atoms with E-state index in [4.69, 9.17) is 0 Å². The number of hydrogen-bond donors (Lipinski definition) is 0. The molecule has 116 valence electrons. The van der Waals surface area contributed by atoms with Gasteiger partial charge >= 0.3 is 17.9 Å². The Balaban J connectivity index is 4.61. The molecule has 21 heavy (non-hydrogen) atoms. The van der Waals surface area contributed by atoms with Crippen molar-refractivity contribution in [3.05, 3.63) is 0 Å². The highest BCUT2D eigenvalue weighted by molar-refractivity contribution is 6.33. The Morgan fingerprint density at radius 1 is 0.667 bits per heavy atom. The van der Waals surface area contributed by atoms with Gasteiger partial charge in [-0.25, -0.2) is 14.4 Å². The summed E-state index contributed by atoms with van der Waals surface area (Å²) in [5.74, 6) is -6.29. The van der Waals surface area contributed by atoms with Crippen molar-refractivity contribution in [2.24, 2.45) is 0 Å². The van der Waals surface area contributed by atoms with Gasteiger partial charge in [0.2, 0.25) is 17.3 Å². The zero-order valence-electron chi connectivity index (χ0n) is 11.7. The summed E-state index contributed by atoms with van der Waals surface area (Å²) < 4.78 is 13.6. The van der Waals surface area contributed by atoms with Crippen LogP contribution >= 0.6 is 0 Å². The molecule has 0 fully saturated rings. The fraction of sp³-hybridized carbons (Fsp3) is 0.500. The molecule has 0 aliphatic heterocycles. The molecule has 0 aromatic carbocycles. The van der Waals surface area contributed by atoms with E-state index in [1.54, 1.807) is 0 Å². The molecular formula is C12H14O9. The highest BCUT2D eigenvalue weighted by Crippen LogP contribution is 1.99. The number of carbonyl (C=O) groups is 6. The smallest absolute Gasteiger partial charge is 0.374 e. The van der Waals surface area contributed by atoms with Crippen LogP contribution in [0.15, 0.2) is 0 Å². The van der Waals surface area contributed by atoms with Crippen molar-refractivity contribution in [3.63, 3.8) is 0 Å². The van der Waals surface area contributed by atoms with Crippen LogP contribution in [0.3, 0.4) is 0 Å². The molecule has 0 unspecified atom stereocenters. The van der Waals surface area contributed by atoms with Gasteiger partial charge in [0.05, 0.1) is 0 Å². The van der Waals surface area contributed by atoms with Crippen LogP contribution in [0.2, 0.25) is 0 Å². The van der Waals surface area contributed by atoms with Gasteiger partial charge in [0.15, 0.2) is 6.10 Å². The first-order valence-electron chi connectivity index (χ1n) is 5.72. The van der Waals surface area contributed by atoms with Gasteiger partial charge in [-0.05, 0) is 0 Å². The molecule has 0 saturated heterocycles. The normalized spacial score (nSPS) is 9.71. The standard InChI is InChI=1S/C12H14O9/c1-6(13)10(16)19-4-9(21-12(18)8(3)15)5-20-11(17)7(2)14/h9H,4-5H2,1-3H3. The van der Waals surface area contributed by atoms with Crippen molar-refractivity contribution in [2.45, 2.75) is 26.9 Å². The number of hydrogen-bond acceptors (Lipinski definition) is 9. The summed E-state index contributed by atoms with van der Waals surface area (Å²) in [4.78, 5) is 65.2. The zero-order valence-corrected chi connectivity index (χ0v) is 11.7. The third kappa shape index (κ3) is 7.55. The number of ketones is 3. The molecule has 0 heterocycles. The van der Waals surface area contributed by atoms with Crippen LogP contribution in [0.4, 0.5) is 0 Å². The lowest BCUT2D eigenvalue weighted by atomic mass is 10.3. The van der Waals surface area contributed by atoms with Crippen LogP contribution in [0.1, 0.15) is 20.8 Å². The van der Waals surface area contributed by atoms with Gasteiger partial charge in [0.1, 0.15) is 13.2 Å². The molecule has 0 spiro atoms. The second-order valence-corrected chi connectivity index (χ2v) is 3.89. The average Bonchev–Trinajstić information content (AvgIpc) is 2.40. The topological polar surface area (TPSA) is 130 Å². The van der Waals surface area contributed by atoms with Gasteiger partial charge in [-0.1, -0.05) is 0 Å². The third-order valence-corrected chi connectivity index (χ3v) is 1.94. The maximum Gasteiger partial charge on any atom is 0.374 e. The molecule has 0 bridgehead atoms. The minimum Gasteiger partial charge on any atom is -0.456 e. The highest BCUT2D eigenvalue weighted by atomic mass is 16.6. The van der Waals surface area contributed by atoms with Crippen LogP contribution in [-0.2, 0) is 43.0 Å². The molecular weight excluding hydrogens is 288 g/mol. The van der Waals surface area contributed by atoms with E-state index in [0.29, 0.717) is 0 Å². The fourth-order valence-corrected chi connectivity index (χ4v) is 0.891. The molecule has 0 aromatic rings. The number of carbonyl (C=O) groups excluding carboxylic acids is 6. The lowest BCUT2D eigenvalue weighted by Crippen LogP contribution is -2.34. The van der Waals surface area contributed by atoms with E-state index in [1.807, 2.05) is 0 Å². The summed E-state index contributed by atoms with van der Waals surface area (Å²) in [6.45, 7) is 1.66. The SMILES string of the molecule is CC(=O)C(=O)OCC(COC(=O)C(C)=O)OC(=O)C(C)=O. The predicted octanol–water partition coefficient (Wildman–Crippen LogP) is -1.25. The quantitative estimate of drug-likeness (QED) is 0.306. The van der Waals surface area contributed by atoms with Crippen LogP contribution < -0.4 is 0 Å². The summed E-state index contributed by atoms with van der Waals surface area (Å²) in [6, 6.07) is 0. The Morgan fingerprint density at radius 3 is 1.29 bits per heavy atom. The lowest BCUT2D eigenvalue weighted by Gasteiger charge is -2.16. The molecule has 0 rings (SSSR count). The predicted molar refractivity (Wildman–Crippen MR) is 63.8 cm³/mol. The van der Waals surface area contributed by atoms with Gasteiger partial charge in [-0.2, -0.15) is 0 Å². The Kier molecular flexibility index (Phi) is 7.51. The number of rotatable bonds is 8. The first kappa shape index (κ1) is 18.4. The van der Waals surface area contributed by atoms with Gasteiger partial charge < -0.3 is 14.2 Å². The second-order valence-electron chi connectivity index (χ2n) is 3.89. The van der Waals surface area contributed by atoms with Gasteiger partial charge in [-0.3, -0.25) is 14.4 Å². The molecule has 9 nitrogen and oxygen atoms in total. The molecule has 0 N–H and O–H groups in total. The average molecular weight is 302 g/mol. The molecule has 0 aromatic heterocycles. The summed E-state index contributed by atoms with van der Waals surface area (Å²) in [5.41, 5.74) is 0. The monoisotopic (exact) mass is 302 g/mol. The number of esters is 3. The number of ether oxygens (including phenoxy) is 3. The van der Waals surface area contributed by atoms with E-state index in [9.17, 15) is 28.8 Å². The maximum atomic E-state index is 11.1. The van der Waals surface area contributed by atoms with E-state index in [0.717, 1.165) is 20.8 Å². The summed E-state index contributed by atoms with van der Waals surface area (Å²) in [7, 11) is 0. The molecule has 9 heteroatoms. The first-order chi connectivity index (χ1) is 9.65. The van der Waals surface area contributed by atoms with E-state index in [-0.39, 0.29) is 0 Å². The van der Waals surface area contributed by atoms with Gasteiger partial charge in [0, 0.05) is 20.8 Å². The Bertz CT molecular complexity index is 447. The van der Waals surface area contributed by atoms with Crippen molar-refractivity contribution in [3.8, 4) is 0 Å². The number of Topliss-reactive ketones (excluding diaryl/α,β-unsaturated/α-hetero) is 3. The van der Waals surface area contributed by atoms with Crippen molar-refractivity contribution < 1.29 is 43.0 Å². The molecule has 0 aliphatic rings. The minimum absolute atomic E-state index is 0.609. The zero-order chi connectivity index (χ0) is 16.6. The molecule has 0 atom stereocenters. The van der Waals surface area contributed by atoms with Crippen LogP contribution in [0.25, 0.3) is 0 Å². The van der Waals surface area contributed by atoms with Gasteiger partial charge in [-0.15, -0.1) is 0 Å². The van der Waals surface area contributed by atoms with Crippen molar-refractivity contribution in [1.82, 2.24) is 0 Å². The summed E-state index contributed by atoms with van der Waals surface area (Å²) >= 11 is 0. The third-order valence-electron chi connectivity index (χ3n) is 1.94. The maximum absolute atomic E-state index is 11.1. The van der Waals surface area contributed by atoms with Crippen LogP contribution in [0.5, 0.6) is 0 Å². The molecule has 0 saturated carbocycles. The molecule has 0 aliphatic carbocycles. The minimum atomic E-state index is -1.31.